The highest BCUT2D eigenvalue weighted by atomic mass is 19.3. The molecular formula is C15H19F3N4O4. The first-order chi connectivity index (χ1) is 12.3. The molecule has 0 aliphatic heterocycles. The van der Waals surface area contributed by atoms with Crippen LogP contribution in [0.15, 0.2) is 6.07 Å². The second-order valence-electron chi connectivity index (χ2n) is 5.79. The number of aromatic nitrogens is 1. The lowest BCUT2D eigenvalue weighted by Gasteiger charge is -2.29. The molecule has 0 spiro atoms. The number of nitrogens with zero attached hydrogens (tertiary/aromatic N) is 1. The van der Waals surface area contributed by atoms with Crippen LogP contribution in [0, 0.1) is 5.82 Å². The minimum Gasteiger partial charge on any atom is -0.471 e. The highest BCUT2D eigenvalue weighted by Crippen LogP contribution is 2.27. The number of ether oxygens (including phenoxy) is 2. The Kier molecular flexibility index (Phi) is 6.47. The number of halogens is 3. The first-order valence-corrected chi connectivity index (χ1v) is 7.90. The van der Waals surface area contributed by atoms with Crippen molar-refractivity contribution >= 4 is 17.8 Å². The lowest BCUT2D eigenvalue weighted by Crippen LogP contribution is -2.32. The number of nitrogens with two attached hydrogens (primary N) is 2. The molecule has 1 aromatic heterocycles. The van der Waals surface area contributed by atoms with Crippen LogP contribution in [0.4, 0.5) is 23.8 Å². The van der Waals surface area contributed by atoms with E-state index in [1.54, 1.807) is 0 Å². The zero-order chi connectivity index (χ0) is 19.3. The van der Waals surface area contributed by atoms with Gasteiger partial charge in [-0.25, -0.2) is 18.0 Å². The Morgan fingerprint density at radius 2 is 1.92 bits per heavy atom. The standard InChI is InChI=1S/C15H19F3N4O4/c16-10-5-9(12(19)23)14(25-6-11(17)18)22-13(10)21-7-1-3-8(4-2-7)26-15(20)24/h5,7-8,11H,1-4,6H2,(H2,19,23)(H2,20,24)(H,21,22)/t7-,8-. The number of rotatable bonds is 7. The van der Waals surface area contributed by atoms with Crippen LogP contribution in [0.25, 0.3) is 0 Å². The van der Waals surface area contributed by atoms with E-state index >= 15 is 0 Å². The molecule has 144 valence electrons. The number of amides is 2. The molecule has 11 heteroatoms. The average molecular weight is 376 g/mol. The van der Waals surface area contributed by atoms with Crippen molar-refractivity contribution in [2.24, 2.45) is 11.5 Å². The number of hydrogen-bond donors (Lipinski definition) is 3. The van der Waals surface area contributed by atoms with Crippen LogP contribution in [0.3, 0.4) is 0 Å². The van der Waals surface area contributed by atoms with Crippen LogP contribution in [0.1, 0.15) is 36.0 Å². The number of nitrogens with one attached hydrogen (secondary N) is 1. The minimum absolute atomic E-state index is 0.188. The number of anilines is 1. The van der Waals surface area contributed by atoms with Gasteiger partial charge in [0, 0.05) is 6.04 Å². The fourth-order valence-corrected chi connectivity index (χ4v) is 2.68. The van der Waals surface area contributed by atoms with E-state index in [1.165, 1.54) is 0 Å². The van der Waals surface area contributed by atoms with E-state index < -0.39 is 42.3 Å². The van der Waals surface area contributed by atoms with Gasteiger partial charge in [0.2, 0.25) is 5.88 Å². The van der Waals surface area contributed by atoms with Gasteiger partial charge in [0.05, 0.1) is 0 Å². The summed E-state index contributed by atoms with van der Waals surface area (Å²) in [4.78, 5) is 25.8. The molecule has 2 amide bonds. The van der Waals surface area contributed by atoms with Crippen LogP contribution < -0.4 is 21.5 Å². The van der Waals surface area contributed by atoms with E-state index in [0.29, 0.717) is 25.7 Å². The Labute approximate surface area is 147 Å². The third kappa shape index (κ3) is 5.39. The fourth-order valence-electron chi connectivity index (χ4n) is 2.68. The van der Waals surface area contributed by atoms with E-state index in [0.717, 1.165) is 6.07 Å². The van der Waals surface area contributed by atoms with Gasteiger partial charge in [0.1, 0.15) is 11.7 Å². The summed E-state index contributed by atoms with van der Waals surface area (Å²) in [5.74, 6) is -2.61. The Morgan fingerprint density at radius 1 is 1.27 bits per heavy atom. The lowest BCUT2D eigenvalue weighted by molar-refractivity contribution is 0.0777. The molecular weight excluding hydrogens is 357 g/mol. The number of carbonyl (C=O) groups excluding carboxylic acids is 2. The van der Waals surface area contributed by atoms with Crippen molar-refractivity contribution in [2.75, 3.05) is 11.9 Å². The molecule has 2 rings (SSSR count). The second kappa shape index (κ2) is 8.59. The van der Waals surface area contributed by atoms with Crippen LogP contribution in [-0.4, -0.2) is 42.2 Å². The molecule has 26 heavy (non-hydrogen) atoms. The lowest BCUT2D eigenvalue weighted by atomic mass is 9.93. The van der Waals surface area contributed by atoms with Gasteiger partial charge in [-0.1, -0.05) is 0 Å². The molecule has 0 radical (unpaired) electrons. The molecule has 0 atom stereocenters. The Balaban J connectivity index is 2.08. The quantitative estimate of drug-likeness (QED) is 0.665. The van der Waals surface area contributed by atoms with E-state index in [9.17, 15) is 22.8 Å². The Morgan fingerprint density at radius 3 is 2.46 bits per heavy atom. The van der Waals surface area contributed by atoms with Crippen molar-refractivity contribution in [3.63, 3.8) is 0 Å². The van der Waals surface area contributed by atoms with Gasteiger partial charge in [-0.05, 0) is 31.7 Å². The van der Waals surface area contributed by atoms with Gasteiger partial charge >= 0.3 is 6.09 Å². The van der Waals surface area contributed by atoms with E-state index in [-0.39, 0.29) is 18.0 Å². The summed E-state index contributed by atoms with van der Waals surface area (Å²) in [6.07, 6.45) is -1.80. The molecule has 1 aromatic rings. The Bertz CT molecular complexity index is 667. The SMILES string of the molecule is NC(=O)O[C@H]1CC[C@H](Nc2nc(OCC(F)F)c(C(N)=O)cc2F)CC1. The zero-order valence-corrected chi connectivity index (χ0v) is 13.7. The zero-order valence-electron chi connectivity index (χ0n) is 13.7. The molecule has 1 aliphatic rings. The summed E-state index contributed by atoms with van der Waals surface area (Å²) in [6.45, 7) is -1.01. The van der Waals surface area contributed by atoms with Gasteiger partial charge in [-0.2, -0.15) is 4.98 Å². The first-order valence-electron chi connectivity index (χ1n) is 7.90. The normalized spacial score (nSPS) is 19.8. The molecule has 5 N–H and O–H groups in total. The summed E-state index contributed by atoms with van der Waals surface area (Å²) < 4.78 is 48.5. The number of primary amides is 2. The van der Waals surface area contributed by atoms with Crippen molar-refractivity contribution in [3.05, 3.63) is 17.4 Å². The third-order valence-corrected chi connectivity index (χ3v) is 3.85. The van der Waals surface area contributed by atoms with Crippen molar-refractivity contribution < 1.29 is 32.2 Å². The second-order valence-corrected chi connectivity index (χ2v) is 5.79. The number of hydrogen-bond acceptors (Lipinski definition) is 6. The predicted octanol–water partition coefficient (Wildman–Crippen LogP) is 1.78. The van der Waals surface area contributed by atoms with Crippen molar-refractivity contribution in [1.29, 1.82) is 0 Å². The summed E-state index contributed by atoms with van der Waals surface area (Å²) in [7, 11) is 0. The minimum atomic E-state index is -2.79. The van der Waals surface area contributed by atoms with Crippen LogP contribution in [0.2, 0.25) is 0 Å². The maximum absolute atomic E-state index is 14.2. The van der Waals surface area contributed by atoms with Gasteiger partial charge in [-0.15, -0.1) is 0 Å². The molecule has 0 saturated heterocycles. The largest absolute Gasteiger partial charge is 0.471 e. The summed E-state index contributed by atoms with van der Waals surface area (Å²) in [6, 6.07) is 0.604. The smallest absolute Gasteiger partial charge is 0.404 e. The van der Waals surface area contributed by atoms with E-state index in [1.807, 2.05) is 0 Å². The summed E-state index contributed by atoms with van der Waals surface area (Å²) in [5.41, 5.74) is 9.64. The van der Waals surface area contributed by atoms with E-state index in [4.69, 9.17) is 20.9 Å². The first kappa shape index (κ1) is 19.6. The fraction of sp³-hybridized carbons (Fsp3) is 0.533. The summed E-state index contributed by atoms with van der Waals surface area (Å²) >= 11 is 0. The maximum Gasteiger partial charge on any atom is 0.404 e. The molecule has 0 aromatic carbocycles. The van der Waals surface area contributed by atoms with Gasteiger partial charge < -0.3 is 26.3 Å². The molecule has 1 saturated carbocycles. The maximum atomic E-state index is 14.2. The molecule has 0 unspecified atom stereocenters. The third-order valence-electron chi connectivity index (χ3n) is 3.85. The monoisotopic (exact) mass is 376 g/mol. The van der Waals surface area contributed by atoms with Gasteiger partial charge in [0.25, 0.3) is 12.3 Å². The number of alkyl halides is 2. The van der Waals surface area contributed by atoms with Crippen LogP contribution in [-0.2, 0) is 4.74 Å². The number of pyridine rings is 1. The van der Waals surface area contributed by atoms with Crippen LogP contribution in [0.5, 0.6) is 5.88 Å². The topological polar surface area (TPSA) is 130 Å². The molecule has 1 fully saturated rings. The number of carbonyl (C=O) groups is 2. The Hall–Kier alpha value is -2.72. The van der Waals surface area contributed by atoms with Crippen molar-refractivity contribution in [1.82, 2.24) is 4.98 Å². The van der Waals surface area contributed by atoms with Gasteiger partial charge in [0.15, 0.2) is 18.2 Å². The van der Waals surface area contributed by atoms with Crippen molar-refractivity contribution in [3.8, 4) is 5.88 Å². The van der Waals surface area contributed by atoms with Gasteiger partial charge in [-0.3, -0.25) is 4.79 Å². The molecule has 0 bridgehead atoms. The highest BCUT2D eigenvalue weighted by Gasteiger charge is 2.25. The van der Waals surface area contributed by atoms with Crippen LogP contribution >= 0.6 is 0 Å². The van der Waals surface area contributed by atoms with Crippen molar-refractivity contribution in [2.45, 2.75) is 44.3 Å². The summed E-state index contributed by atoms with van der Waals surface area (Å²) in [5, 5.41) is 2.84. The van der Waals surface area contributed by atoms with E-state index in [2.05, 4.69) is 10.3 Å². The molecule has 8 nitrogen and oxygen atoms in total. The molecule has 1 aliphatic carbocycles. The average Bonchev–Trinajstić information content (AvgIpc) is 2.56. The predicted molar refractivity (Wildman–Crippen MR) is 84.5 cm³/mol. The molecule has 1 heterocycles. The highest BCUT2D eigenvalue weighted by molar-refractivity contribution is 5.95.